The molecule has 1 amide bonds. The number of hydrogen-bond donors (Lipinski definition) is 2. The third-order valence-corrected chi connectivity index (χ3v) is 6.94. The summed E-state index contributed by atoms with van der Waals surface area (Å²) in [6, 6.07) is 17.5. The fourth-order valence-electron chi connectivity index (χ4n) is 3.54. The van der Waals surface area contributed by atoms with E-state index < -0.39 is 28.5 Å². The van der Waals surface area contributed by atoms with E-state index in [0.29, 0.717) is 30.4 Å². The topological polar surface area (TPSA) is 120 Å². The normalized spacial score (nSPS) is 12.9. The fourth-order valence-corrected chi connectivity index (χ4v) is 4.62. The van der Waals surface area contributed by atoms with Crippen LogP contribution in [0.3, 0.4) is 0 Å². The first-order valence-electron chi connectivity index (χ1n) is 11.6. The molecule has 0 aromatic heterocycles. The van der Waals surface area contributed by atoms with Gasteiger partial charge in [-0.05, 0) is 59.5 Å². The number of amides is 1. The molecule has 1 heterocycles. The van der Waals surface area contributed by atoms with Gasteiger partial charge in [-0.1, -0.05) is 32.9 Å². The number of anilines is 2. The fraction of sp³-hybridized carbons (Fsp3) is 0.259. The Kier molecular flexibility index (Phi) is 7.40. The van der Waals surface area contributed by atoms with Crippen LogP contribution < -0.4 is 19.5 Å². The van der Waals surface area contributed by atoms with Crippen molar-refractivity contribution in [1.29, 1.82) is 0 Å². The Hall–Kier alpha value is -4.05. The molecular weight excluding hydrogens is 496 g/mol. The van der Waals surface area contributed by atoms with Gasteiger partial charge < -0.3 is 19.5 Å². The highest BCUT2D eigenvalue weighted by Crippen LogP contribution is 2.32. The maximum absolute atomic E-state index is 12.8. The molecule has 0 spiro atoms. The van der Waals surface area contributed by atoms with Gasteiger partial charge in [-0.15, -0.1) is 0 Å². The molecule has 3 aromatic carbocycles. The van der Waals surface area contributed by atoms with E-state index in [9.17, 15) is 18.0 Å². The van der Waals surface area contributed by atoms with E-state index in [2.05, 4.69) is 30.8 Å². The highest BCUT2D eigenvalue weighted by Gasteiger charge is 2.20. The minimum Gasteiger partial charge on any atom is -0.486 e. The summed E-state index contributed by atoms with van der Waals surface area (Å²) >= 11 is 0. The lowest BCUT2D eigenvalue weighted by Gasteiger charge is -2.19. The molecule has 0 unspecified atom stereocenters. The van der Waals surface area contributed by atoms with Crippen molar-refractivity contribution in [3.63, 3.8) is 0 Å². The number of nitrogens with one attached hydrogen (secondary N) is 2. The van der Waals surface area contributed by atoms with Crippen molar-refractivity contribution in [1.82, 2.24) is 0 Å². The van der Waals surface area contributed by atoms with Crippen molar-refractivity contribution in [3.05, 3.63) is 77.9 Å². The highest BCUT2D eigenvalue weighted by molar-refractivity contribution is 7.92. The van der Waals surface area contributed by atoms with Crippen molar-refractivity contribution in [2.45, 2.75) is 31.1 Å². The SMILES string of the molecule is CC(C)(C)c1ccc(NC(=O)COC(=O)c2ccc(NS(=O)(=O)c3ccc4c(c3)OCCO4)cc2)cc1. The molecule has 37 heavy (non-hydrogen) atoms. The van der Waals surface area contributed by atoms with E-state index in [1.54, 1.807) is 18.2 Å². The second kappa shape index (κ2) is 10.5. The minimum atomic E-state index is -3.90. The number of carbonyl (C=O) groups excluding carboxylic acids is 2. The van der Waals surface area contributed by atoms with Crippen LogP contribution in [-0.2, 0) is 25.0 Å². The molecule has 9 nitrogen and oxygen atoms in total. The lowest BCUT2D eigenvalue weighted by molar-refractivity contribution is -0.119. The van der Waals surface area contributed by atoms with Crippen LogP contribution in [0.2, 0.25) is 0 Å². The Labute approximate surface area is 215 Å². The van der Waals surface area contributed by atoms with E-state index >= 15 is 0 Å². The maximum atomic E-state index is 12.8. The number of sulfonamides is 1. The quantitative estimate of drug-likeness (QED) is 0.441. The predicted molar refractivity (Wildman–Crippen MR) is 139 cm³/mol. The summed E-state index contributed by atoms with van der Waals surface area (Å²) in [7, 11) is -3.90. The number of carbonyl (C=O) groups is 2. The number of rotatable bonds is 7. The lowest BCUT2D eigenvalue weighted by atomic mass is 9.87. The van der Waals surface area contributed by atoms with Gasteiger partial charge in [0, 0.05) is 17.4 Å². The number of hydrogen-bond acceptors (Lipinski definition) is 7. The standard InChI is InChI=1S/C27H28N2O7S/c1-27(2,3)19-6-10-20(11-7-19)28-25(30)17-36-26(31)18-4-8-21(9-5-18)29-37(32,33)22-12-13-23-24(16-22)35-15-14-34-23/h4-13,16,29H,14-15,17H2,1-3H3,(H,28,30). The van der Waals surface area contributed by atoms with Crippen LogP contribution in [0.5, 0.6) is 11.5 Å². The monoisotopic (exact) mass is 524 g/mol. The molecule has 0 radical (unpaired) electrons. The first-order chi connectivity index (χ1) is 17.5. The molecule has 4 rings (SSSR count). The first-order valence-corrected chi connectivity index (χ1v) is 13.1. The Morgan fingerprint density at radius 2 is 1.49 bits per heavy atom. The Bertz CT molecular complexity index is 1390. The van der Waals surface area contributed by atoms with Crippen LogP contribution in [0.4, 0.5) is 11.4 Å². The molecule has 1 aliphatic rings. The first kappa shape index (κ1) is 26.0. The third kappa shape index (κ3) is 6.59. The number of ether oxygens (including phenoxy) is 3. The van der Waals surface area contributed by atoms with Gasteiger partial charge in [0.15, 0.2) is 18.1 Å². The minimum absolute atomic E-state index is 0.00125. The predicted octanol–water partition coefficient (Wildman–Crippen LogP) is 4.35. The van der Waals surface area contributed by atoms with Crippen molar-refractivity contribution < 1.29 is 32.2 Å². The zero-order valence-corrected chi connectivity index (χ0v) is 21.6. The average molecular weight is 525 g/mol. The second-order valence-corrected chi connectivity index (χ2v) is 11.1. The van der Waals surface area contributed by atoms with E-state index in [0.717, 1.165) is 5.56 Å². The zero-order chi connectivity index (χ0) is 26.6. The Morgan fingerprint density at radius 1 is 0.865 bits per heavy atom. The van der Waals surface area contributed by atoms with Gasteiger partial charge in [-0.25, -0.2) is 13.2 Å². The van der Waals surface area contributed by atoms with Gasteiger partial charge in [0.05, 0.1) is 10.5 Å². The molecule has 0 fully saturated rings. The molecule has 1 aliphatic heterocycles. The Balaban J connectivity index is 1.31. The van der Waals surface area contributed by atoms with Crippen molar-refractivity contribution >= 4 is 33.3 Å². The molecule has 3 aromatic rings. The second-order valence-electron chi connectivity index (χ2n) is 9.44. The van der Waals surface area contributed by atoms with Crippen LogP contribution in [0.1, 0.15) is 36.7 Å². The van der Waals surface area contributed by atoms with E-state index in [1.165, 1.54) is 36.4 Å². The Morgan fingerprint density at radius 3 is 2.14 bits per heavy atom. The van der Waals surface area contributed by atoms with Gasteiger partial charge in [0.25, 0.3) is 15.9 Å². The molecule has 10 heteroatoms. The van der Waals surface area contributed by atoms with Gasteiger partial charge in [0.2, 0.25) is 0 Å². The molecule has 0 saturated carbocycles. The molecule has 0 atom stereocenters. The summed E-state index contributed by atoms with van der Waals surface area (Å²) in [6.07, 6.45) is 0. The van der Waals surface area contributed by atoms with E-state index in [-0.39, 0.29) is 21.6 Å². The van der Waals surface area contributed by atoms with Crippen molar-refractivity contribution in [2.24, 2.45) is 0 Å². The summed E-state index contributed by atoms with van der Waals surface area (Å²) in [5.41, 5.74) is 2.16. The molecular formula is C27H28N2O7S. The van der Waals surface area contributed by atoms with Gasteiger partial charge in [-0.3, -0.25) is 9.52 Å². The summed E-state index contributed by atoms with van der Waals surface area (Å²) in [4.78, 5) is 24.5. The third-order valence-electron chi connectivity index (χ3n) is 5.57. The summed E-state index contributed by atoms with van der Waals surface area (Å²) in [5, 5.41) is 2.69. The lowest BCUT2D eigenvalue weighted by Crippen LogP contribution is -2.21. The summed E-state index contributed by atoms with van der Waals surface area (Å²) < 4.78 is 43.9. The van der Waals surface area contributed by atoms with Crippen molar-refractivity contribution in [3.8, 4) is 11.5 Å². The smallest absolute Gasteiger partial charge is 0.338 e. The van der Waals surface area contributed by atoms with E-state index in [1.807, 2.05) is 12.1 Å². The molecule has 2 N–H and O–H groups in total. The number of fused-ring (bicyclic) bond motifs is 1. The molecule has 0 saturated heterocycles. The number of benzene rings is 3. The molecule has 0 aliphatic carbocycles. The number of esters is 1. The van der Waals surface area contributed by atoms with Gasteiger partial charge in [-0.2, -0.15) is 0 Å². The summed E-state index contributed by atoms with van der Waals surface area (Å²) in [5.74, 6) is -0.335. The van der Waals surface area contributed by atoms with Crippen LogP contribution in [0.15, 0.2) is 71.6 Å². The summed E-state index contributed by atoms with van der Waals surface area (Å²) in [6.45, 7) is 6.58. The zero-order valence-electron chi connectivity index (χ0n) is 20.7. The van der Waals surface area contributed by atoms with Gasteiger partial charge in [0.1, 0.15) is 13.2 Å². The molecule has 0 bridgehead atoms. The highest BCUT2D eigenvalue weighted by atomic mass is 32.2. The van der Waals surface area contributed by atoms with Crippen LogP contribution in [0.25, 0.3) is 0 Å². The maximum Gasteiger partial charge on any atom is 0.338 e. The van der Waals surface area contributed by atoms with Crippen LogP contribution in [-0.4, -0.2) is 40.1 Å². The van der Waals surface area contributed by atoms with Crippen molar-refractivity contribution in [2.75, 3.05) is 29.9 Å². The van der Waals surface area contributed by atoms with Crippen LogP contribution >= 0.6 is 0 Å². The average Bonchev–Trinajstić information content (AvgIpc) is 2.87. The largest absolute Gasteiger partial charge is 0.486 e. The molecule has 194 valence electrons. The van der Waals surface area contributed by atoms with Gasteiger partial charge >= 0.3 is 5.97 Å². The van der Waals surface area contributed by atoms with E-state index in [4.69, 9.17) is 14.2 Å². The van der Waals surface area contributed by atoms with Crippen LogP contribution in [0, 0.1) is 0 Å².